The Balaban J connectivity index is 1.71. The Morgan fingerprint density at radius 2 is 1.33 bits per heavy atom. The Morgan fingerprint density at radius 3 is 1.96 bits per heavy atom. The van der Waals surface area contributed by atoms with Gasteiger partial charge < -0.3 is 19.6 Å². The van der Waals surface area contributed by atoms with E-state index in [1.807, 2.05) is 17.9 Å². The monoisotopic (exact) mass is 330 g/mol. The van der Waals surface area contributed by atoms with E-state index < -0.39 is 0 Å². The minimum absolute atomic E-state index is 0.841. The summed E-state index contributed by atoms with van der Waals surface area (Å²) in [6, 6.07) is 0. The van der Waals surface area contributed by atoms with Crippen LogP contribution in [0.5, 0.6) is 0 Å². The van der Waals surface area contributed by atoms with E-state index in [1.165, 1.54) is 0 Å². The van der Waals surface area contributed by atoms with Crippen LogP contribution in [0.4, 0.5) is 11.8 Å². The number of rotatable bonds is 2. The van der Waals surface area contributed by atoms with Crippen molar-refractivity contribution in [1.82, 2.24) is 29.5 Å². The molecule has 0 amide bonds. The highest BCUT2D eigenvalue weighted by Gasteiger charge is 2.23. The van der Waals surface area contributed by atoms with Gasteiger partial charge in [-0.05, 0) is 14.1 Å². The second-order valence-corrected chi connectivity index (χ2v) is 6.93. The van der Waals surface area contributed by atoms with Gasteiger partial charge in [-0.1, -0.05) is 0 Å². The van der Waals surface area contributed by atoms with Gasteiger partial charge in [0.2, 0.25) is 5.95 Å². The van der Waals surface area contributed by atoms with Crippen LogP contribution in [0.1, 0.15) is 0 Å². The van der Waals surface area contributed by atoms with Crippen LogP contribution in [0.25, 0.3) is 11.0 Å². The number of anilines is 2. The summed E-state index contributed by atoms with van der Waals surface area (Å²) >= 11 is 0. The van der Waals surface area contributed by atoms with Crippen LogP contribution in [0.15, 0.2) is 6.20 Å². The molecule has 0 aliphatic carbocycles. The second-order valence-electron chi connectivity index (χ2n) is 6.93. The highest BCUT2D eigenvalue weighted by Crippen LogP contribution is 2.27. The first-order valence-corrected chi connectivity index (χ1v) is 8.68. The van der Waals surface area contributed by atoms with Crippen LogP contribution in [0, 0.1) is 0 Å². The summed E-state index contributed by atoms with van der Waals surface area (Å²) in [6.45, 7) is 8.18. The molecular formula is C16H26N8. The van der Waals surface area contributed by atoms with Crippen LogP contribution < -0.4 is 9.80 Å². The summed E-state index contributed by atoms with van der Waals surface area (Å²) in [5.74, 6) is 1.88. The molecule has 0 aromatic carbocycles. The van der Waals surface area contributed by atoms with Gasteiger partial charge in [0.25, 0.3) is 0 Å². The first-order chi connectivity index (χ1) is 11.6. The number of nitrogens with zero attached hydrogens (tertiary/aromatic N) is 8. The molecule has 0 N–H and O–H groups in total. The molecule has 130 valence electrons. The first-order valence-electron chi connectivity index (χ1n) is 8.68. The average molecular weight is 330 g/mol. The van der Waals surface area contributed by atoms with Gasteiger partial charge in [0.1, 0.15) is 5.82 Å². The fraction of sp³-hybridized carbons (Fsp3) is 0.688. The number of hydrogen-bond donors (Lipinski definition) is 0. The lowest BCUT2D eigenvalue weighted by molar-refractivity contribution is 0.309. The van der Waals surface area contributed by atoms with Gasteiger partial charge in [0.05, 0.1) is 11.6 Å². The number of aromatic nitrogens is 4. The second kappa shape index (κ2) is 6.18. The van der Waals surface area contributed by atoms with E-state index in [2.05, 4.69) is 38.8 Å². The molecule has 2 aliphatic rings. The molecule has 4 heterocycles. The maximum absolute atomic E-state index is 4.96. The maximum Gasteiger partial charge on any atom is 0.229 e. The molecule has 0 saturated carbocycles. The lowest BCUT2D eigenvalue weighted by Gasteiger charge is -2.35. The molecule has 0 bridgehead atoms. The highest BCUT2D eigenvalue weighted by molar-refractivity contribution is 5.88. The summed E-state index contributed by atoms with van der Waals surface area (Å²) in [4.78, 5) is 19.2. The molecule has 2 aromatic rings. The summed E-state index contributed by atoms with van der Waals surface area (Å²) in [7, 11) is 6.29. The van der Waals surface area contributed by atoms with Gasteiger partial charge in [-0.15, -0.1) is 0 Å². The SMILES string of the molecule is CN1CCN(c2nc(N3CCN(C)CC3)c3cnn(C)c3n2)CC1. The molecule has 2 aromatic heterocycles. The number of likely N-dealkylation sites (N-methyl/N-ethyl adjacent to an activating group) is 2. The van der Waals surface area contributed by atoms with Gasteiger partial charge in [0.15, 0.2) is 5.65 Å². The standard InChI is InChI=1S/C16H26N8/c1-20-4-8-23(9-5-20)15-13-12-17-22(3)14(13)18-16(19-15)24-10-6-21(2)7-11-24/h12H,4-11H2,1-3H3. The third-order valence-corrected chi connectivity index (χ3v) is 5.15. The number of piperazine rings is 2. The van der Waals surface area contributed by atoms with Crippen molar-refractivity contribution in [2.24, 2.45) is 7.05 Å². The van der Waals surface area contributed by atoms with Crippen molar-refractivity contribution in [2.75, 3.05) is 76.3 Å². The largest absolute Gasteiger partial charge is 0.353 e. The number of aryl methyl sites for hydroxylation is 1. The van der Waals surface area contributed by atoms with E-state index in [0.29, 0.717) is 0 Å². The molecule has 0 radical (unpaired) electrons. The maximum atomic E-state index is 4.96. The van der Waals surface area contributed by atoms with Crippen molar-refractivity contribution in [3.63, 3.8) is 0 Å². The van der Waals surface area contributed by atoms with Crippen molar-refractivity contribution in [3.05, 3.63) is 6.20 Å². The van der Waals surface area contributed by atoms with E-state index in [1.54, 1.807) is 0 Å². The first kappa shape index (κ1) is 15.6. The fourth-order valence-electron chi connectivity index (χ4n) is 3.40. The average Bonchev–Trinajstić information content (AvgIpc) is 2.97. The minimum atomic E-state index is 0.841. The van der Waals surface area contributed by atoms with Crippen molar-refractivity contribution < 1.29 is 0 Å². The molecule has 2 fully saturated rings. The van der Waals surface area contributed by atoms with E-state index in [9.17, 15) is 0 Å². The van der Waals surface area contributed by atoms with E-state index in [4.69, 9.17) is 9.97 Å². The smallest absolute Gasteiger partial charge is 0.229 e. The lowest BCUT2D eigenvalue weighted by atomic mass is 10.3. The van der Waals surface area contributed by atoms with E-state index in [0.717, 1.165) is 75.2 Å². The zero-order valence-electron chi connectivity index (χ0n) is 14.8. The predicted molar refractivity (Wildman–Crippen MR) is 95.7 cm³/mol. The van der Waals surface area contributed by atoms with Gasteiger partial charge in [-0.2, -0.15) is 15.1 Å². The summed E-state index contributed by atoms with van der Waals surface area (Å²) < 4.78 is 1.86. The van der Waals surface area contributed by atoms with Crippen molar-refractivity contribution in [1.29, 1.82) is 0 Å². The number of fused-ring (bicyclic) bond motifs is 1. The molecule has 2 aliphatic heterocycles. The lowest BCUT2D eigenvalue weighted by Crippen LogP contribution is -2.46. The van der Waals surface area contributed by atoms with E-state index in [-0.39, 0.29) is 0 Å². The van der Waals surface area contributed by atoms with Crippen LogP contribution in [0.3, 0.4) is 0 Å². The van der Waals surface area contributed by atoms with Crippen molar-refractivity contribution >= 4 is 22.8 Å². The molecule has 2 saturated heterocycles. The van der Waals surface area contributed by atoms with Crippen LogP contribution in [0.2, 0.25) is 0 Å². The Labute approximate surface area is 142 Å². The number of hydrogen-bond acceptors (Lipinski definition) is 7. The highest BCUT2D eigenvalue weighted by atomic mass is 15.4. The predicted octanol–water partition coefficient (Wildman–Crippen LogP) is -0.133. The van der Waals surface area contributed by atoms with Crippen molar-refractivity contribution in [2.45, 2.75) is 0 Å². The Bertz CT molecular complexity index is 710. The Morgan fingerprint density at radius 1 is 0.750 bits per heavy atom. The molecule has 0 spiro atoms. The third kappa shape index (κ3) is 2.80. The van der Waals surface area contributed by atoms with Crippen LogP contribution in [-0.2, 0) is 7.05 Å². The molecule has 8 heteroatoms. The molecule has 8 nitrogen and oxygen atoms in total. The van der Waals surface area contributed by atoms with Gasteiger partial charge in [-0.3, -0.25) is 4.68 Å². The summed E-state index contributed by atoms with van der Waals surface area (Å²) in [5, 5.41) is 5.47. The molecule has 0 atom stereocenters. The van der Waals surface area contributed by atoms with E-state index >= 15 is 0 Å². The quantitative estimate of drug-likeness (QED) is 0.760. The molecular weight excluding hydrogens is 304 g/mol. The van der Waals surface area contributed by atoms with Crippen LogP contribution >= 0.6 is 0 Å². The molecule has 4 rings (SSSR count). The zero-order chi connectivity index (χ0) is 16.7. The fourth-order valence-corrected chi connectivity index (χ4v) is 3.40. The summed E-state index contributed by atoms with van der Waals surface area (Å²) in [6.07, 6.45) is 1.90. The topological polar surface area (TPSA) is 56.6 Å². The molecule has 0 unspecified atom stereocenters. The Kier molecular flexibility index (Phi) is 4.01. The van der Waals surface area contributed by atoms with Gasteiger partial charge in [-0.25, -0.2) is 0 Å². The molecule has 24 heavy (non-hydrogen) atoms. The zero-order valence-corrected chi connectivity index (χ0v) is 14.8. The van der Waals surface area contributed by atoms with Gasteiger partial charge >= 0.3 is 0 Å². The van der Waals surface area contributed by atoms with Gasteiger partial charge in [0, 0.05) is 59.4 Å². The Hall–Kier alpha value is -1.93. The minimum Gasteiger partial charge on any atom is -0.353 e. The third-order valence-electron chi connectivity index (χ3n) is 5.15. The summed E-state index contributed by atoms with van der Waals surface area (Å²) in [5.41, 5.74) is 0.924. The normalized spacial score (nSPS) is 21.0. The van der Waals surface area contributed by atoms with Crippen molar-refractivity contribution in [3.8, 4) is 0 Å². The van der Waals surface area contributed by atoms with Crippen LogP contribution in [-0.4, -0.2) is 96.0 Å².